The molecule has 2 rings (SSSR count). The van der Waals surface area contributed by atoms with Gasteiger partial charge in [-0.05, 0) is 18.9 Å². The van der Waals surface area contributed by atoms with E-state index in [4.69, 9.17) is 9.47 Å². The zero-order chi connectivity index (χ0) is 13.3. The molecule has 0 spiro atoms. The summed E-state index contributed by atoms with van der Waals surface area (Å²) in [6.07, 6.45) is 3.94. The van der Waals surface area contributed by atoms with Crippen LogP contribution < -0.4 is 0 Å². The van der Waals surface area contributed by atoms with Gasteiger partial charge in [0.15, 0.2) is 0 Å². The highest BCUT2D eigenvalue weighted by Gasteiger charge is 2.41. The van der Waals surface area contributed by atoms with Crippen molar-refractivity contribution in [1.29, 1.82) is 0 Å². The summed E-state index contributed by atoms with van der Waals surface area (Å²) in [5, 5.41) is 0. The molecule has 18 heavy (non-hydrogen) atoms. The van der Waals surface area contributed by atoms with Gasteiger partial charge >= 0.3 is 11.9 Å². The van der Waals surface area contributed by atoms with Crippen LogP contribution in [0.5, 0.6) is 0 Å². The molecule has 2 aliphatic rings. The summed E-state index contributed by atoms with van der Waals surface area (Å²) < 4.78 is 10.2. The predicted octanol–water partition coefficient (Wildman–Crippen LogP) is 1.92. The summed E-state index contributed by atoms with van der Waals surface area (Å²) in [4.78, 5) is 23.7. The monoisotopic (exact) mass is 268 g/mol. The molecule has 1 heterocycles. The molecule has 0 aromatic rings. The van der Waals surface area contributed by atoms with E-state index in [-0.39, 0.29) is 23.8 Å². The number of carbonyl (C=O) groups excluding carboxylic acids is 2. The Morgan fingerprint density at radius 3 is 2.89 bits per heavy atom. The topological polar surface area (TPSA) is 52.6 Å². The second-order valence-electron chi connectivity index (χ2n) is 5.99. The fourth-order valence-electron chi connectivity index (χ4n) is 2.81. The summed E-state index contributed by atoms with van der Waals surface area (Å²) >= 11 is 0. The minimum absolute atomic E-state index is 0.226. The third-order valence-corrected chi connectivity index (χ3v) is 6.08. The Bertz CT molecular complexity index is 400. The summed E-state index contributed by atoms with van der Waals surface area (Å²) in [5.41, 5.74) is 1.33. The molecule has 0 unspecified atom stereocenters. The van der Waals surface area contributed by atoms with E-state index in [1.54, 1.807) is 0 Å². The molecule has 1 saturated heterocycles. The van der Waals surface area contributed by atoms with Crippen LogP contribution in [0.4, 0.5) is 0 Å². The Morgan fingerprint density at radius 1 is 1.50 bits per heavy atom. The predicted molar refractivity (Wildman–Crippen MR) is 69.6 cm³/mol. The molecule has 0 saturated carbocycles. The lowest BCUT2D eigenvalue weighted by Crippen LogP contribution is -2.42. The van der Waals surface area contributed by atoms with Gasteiger partial charge in [0.25, 0.3) is 0 Å². The maximum absolute atomic E-state index is 12.1. The normalized spacial score (nSPS) is 30.6. The van der Waals surface area contributed by atoms with Gasteiger partial charge in [-0.15, -0.1) is 0 Å². The number of carbonyl (C=O) groups is 2. The van der Waals surface area contributed by atoms with Crippen molar-refractivity contribution in [3.63, 3.8) is 0 Å². The minimum atomic E-state index is -1.48. The Morgan fingerprint density at radius 2 is 2.22 bits per heavy atom. The summed E-state index contributed by atoms with van der Waals surface area (Å²) in [6.45, 7) is 4.46. The van der Waals surface area contributed by atoms with E-state index >= 15 is 0 Å². The van der Waals surface area contributed by atoms with Crippen molar-refractivity contribution in [2.24, 2.45) is 11.8 Å². The first-order valence-corrected chi connectivity index (χ1v) is 9.77. The van der Waals surface area contributed by atoms with E-state index in [9.17, 15) is 9.59 Å². The van der Waals surface area contributed by atoms with Crippen molar-refractivity contribution in [1.82, 2.24) is 0 Å². The lowest BCUT2D eigenvalue weighted by molar-refractivity contribution is -0.158. The molecule has 1 fully saturated rings. The molecule has 2 atom stereocenters. The van der Waals surface area contributed by atoms with Crippen molar-refractivity contribution in [3.8, 4) is 0 Å². The fourth-order valence-corrected chi connectivity index (χ4v) is 4.96. The van der Waals surface area contributed by atoms with Gasteiger partial charge in [0.05, 0.1) is 33.2 Å². The molecule has 1 aliphatic carbocycles. The molecule has 0 aromatic carbocycles. The molecule has 2 bridgehead atoms. The van der Waals surface area contributed by atoms with Crippen LogP contribution in [0.15, 0.2) is 11.6 Å². The molecular weight excluding hydrogens is 248 g/mol. The first-order valence-electron chi connectivity index (χ1n) is 6.35. The van der Waals surface area contributed by atoms with Crippen molar-refractivity contribution in [2.45, 2.75) is 32.0 Å². The van der Waals surface area contributed by atoms with Crippen LogP contribution in [0.3, 0.4) is 0 Å². The standard InChI is InChI=1S/C13H20O4Si/c1-16-12(14)10-5-4-9-6-11(10)13(15)17-8-18(2,3)7-9/h4,10-11H,5-8H2,1-3H3/t10-,11-/m0/s1. The average Bonchev–Trinajstić information content (AvgIpc) is 2.33. The Balaban J connectivity index is 2.25. The molecule has 0 N–H and O–H groups in total. The van der Waals surface area contributed by atoms with Crippen molar-refractivity contribution >= 4 is 20.0 Å². The fraction of sp³-hybridized carbons (Fsp3) is 0.692. The third-order valence-electron chi connectivity index (χ3n) is 3.75. The minimum Gasteiger partial charge on any atom is -0.469 e. The largest absolute Gasteiger partial charge is 0.469 e. The smallest absolute Gasteiger partial charge is 0.309 e. The number of hydrogen-bond donors (Lipinski definition) is 0. The van der Waals surface area contributed by atoms with Gasteiger partial charge in [-0.2, -0.15) is 0 Å². The number of esters is 2. The number of methoxy groups -OCH3 is 1. The van der Waals surface area contributed by atoms with E-state index in [1.807, 2.05) is 0 Å². The van der Waals surface area contributed by atoms with Crippen molar-refractivity contribution in [2.75, 3.05) is 13.3 Å². The third kappa shape index (κ3) is 2.66. The second kappa shape index (κ2) is 4.88. The Hall–Kier alpha value is -1.10. The Labute approximate surface area is 108 Å². The summed E-state index contributed by atoms with van der Waals surface area (Å²) in [6, 6.07) is 1.06. The number of hydrogen-bond acceptors (Lipinski definition) is 4. The lowest BCUT2D eigenvalue weighted by Gasteiger charge is -2.34. The first-order chi connectivity index (χ1) is 8.43. The zero-order valence-electron chi connectivity index (χ0n) is 11.2. The maximum Gasteiger partial charge on any atom is 0.309 e. The Kier molecular flexibility index (Phi) is 3.61. The summed E-state index contributed by atoms with van der Waals surface area (Å²) in [7, 11) is -0.113. The number of cyclic esters (lactones) is 1. The second-order valence-corrected chi connectivity index (χ2v) is 11.0. The highest BCUT2D eigenvalue weighted by Crippen LogP contribution is 2.37. The summed E-state index contributed by atoms with van der Waals surface area (Å²) in [5.74, 6) is -1.24. The molecule has 4 nitrogen and oxygen atoms in total. The highest BCUT2D eigenvalue weighted by atomic mass is 28.3. The van der Waals surface area contributed by atoms with Crippen molar-refractivity contribution < 1.29 is 19.1 Å². The van der Waals surface area contributed by atoms with Gasteiger partial charge in [0.1, 0.15) is 0 Å². The quantitative estimate of drug-likeness (QED) is 0.414. The molecular formula is C13H20O4Si. The van der Waals surface area contributed by atoms with Crippen LogP contribution in [0.1, 0.15) is 12.8 Å². The molecule has 1 aliphatic heterocycles. The lowest BCUT2D eigenvalue weighted by atomic mass is 9.80. The molecule has 0 aromatic heterocycles. The van der Waals surface area contributed by atoms with E-state index < -0.39 is 8.07 Å². The number of rotatable bonds is 1. The van der Waals surface area contributed by atoms with E-state index in [0.29, 0.717) is 19.1 Å². The van der Waals surface area contributed by atoms with Gasteiger partial charge < -0.3 is 9.47 Å². The van der Waals surface area contributed by atoms with Crippen LogP contribution >= 0.6 is 0 Å². The SMILES string of the molecule is COC(=O)[C@H]1CC=C2C[C@@H]1C(=O)OC[Si](C)(C)C2. The van der Waals surface area contributed by atoms with E-state index in [0.717, 1.165) is 6.04 Å². The zero-order valence-corrected chi connectivity index (χ0v) is 12.2. The highest BCUT2D eigenvalue weighted by molar-refractivity contribution is 6.78. The van der Waals surface area contributed by atoms with E-state index in [2.05, 4.69) is 19.2 Å². The molecule has 0 amide bonds. The number of allylic oxidation sites excluding steroid dienone is 2. The molecule has 5 heteroatoms. The van der Waals surface area contributed by atoms with Crippen molar-refractivity contribution in [3.05, 3.63) is 11.6 Å². The molecule has 100 valence electrons. The van der Waals surface area contributed by atoms with E-state index in [1.165, 1.54) is 12.7 Å². The van der Waals surface area contributed by atoms with Gasteiger partial charge in [-0.3, -0.25) is 9.59 Å². The maximum atomic E-state index is 12.1. The first kappa shape index (κ1) is 13.3. The number of ether oxygens (including phenoxy) is 2. The van der Waals surface area contributed by atoms with Crippen LogP contribution in [0.2, 0.25) is 19.1 Å². The number of fused-ring (bicyclic) bond motifs is 2. The van der Waals surface area contributed by atoms with Gasteiger partial charge in [-0.25, -0.2) is 0 Å². The van der Waals surface area contributed by atoms with Crippen LogP contribution in [0, 0.1) is 11.8 Å². The van der Waals surface area contributed by atoms with Gasteiger partial charge in [0.2, 0.25) is 0 Å². The van der Waals surface area contributed by atoms with Gasteiger partial charge in [0, 0.05) is 0 Å². The van der Waals surface area contributed by atoms with Crippen LogP contribution in [-0.2, 0) is 19.1 Å². The van der Waals surface area contributed by atoms with Crippen LogP contribution in [0.25, 0.3) is 0 Å². The average molecular weight is 268 g/mol. The van der Waals surface area contributed by atoms with Gasteiger partial charge in [-0.1, -0.05) is 24.7 Å². The van der Waals surface area contributed by atoms with Crippen LogP contribution in [-0.4, -0.2) is 33.4 Å². The molecule has 0 radical (unpaired) electrons.